The molecule has 0 bridgehead atoms. The quantitative estimate of drug-likeness (QED) is 0.650. The molecule has 2 aromatic rings. The van der Waals surface area contributed by atoms with E-state index >= 15 is 0 Å². The SMILES string of the molecule is CNC(=O)/C(=N\OC)c1ccccc1O/N=C(\C)c1ccc(C)cc1. The molecule has 0 saturated heterocycles. The molecule has 2 rings (SSSR count). The summed E-state index contributed by atoms with van der Waals surface area (Å²) in [7, 11) is 2.91. The van der Waals surface area contributed by atoms with Gasteiger partial charge in [-0.3, -0.25) is 4.79 Å². The van der Waals surface area contributed by atoms with Crippen molar-refractivity contribution in [1.29, 1.82) is 0 Å². The van der Waals surface area contributed by atoms with E-state index in [0.29, 0.717) is 11.3 Å². The highest BCUT2D eigenvalue weighted by molar-refractivity contribution is 6.45. The van der Waals surface area contributed by atoms with E-state index in [2.05, 4.69) is 15.6 Å². The summed E-state index contributed by atoms with van der Waals surface area (Å²) in [5.41, 5.74) is 3.46. The third-order valence-electron chi connectivity index (χ3n) is 3.52. The third kappa shape index (κ3) is 4.67. The summed E-state index contributed by atoms with van der Waals surface area (Å²) in [5.74, 6) is 0.0329. The number of benzene rings is 2. The molecule has 0 heterocycles. The molecule has 130 valence electrons. The van der Waals surface area contributed by atoms with Crippen LogP contribution in [0, 0.1) is 6.92 Å². The molecule has 1 N–H and O–H groups in total. The van der Waals surface area contributed by atoms with Gasteiger partial charge in [0.25, 0.3) is 5.91 Å². The number of nitrogens with one attached hydrogen (secondary N) is 1. The molecular formula is C19H21N3O3. The lowest BCUT2D eigenvalue weighted by molar-refractivity contribution is -0.114. The molecule has 6 heteroatoms. The van der Waals surface area contributed by atoms with Crippen LogP contribution in [0.1, 0.15) is 23.6 Å². The van der Waals surface area contributed by atoms with Gasteiger partial charge < -0.3 is 15.0 Å². The minimum atomic E-state index is -0.378. The number of oxime groups is 2. The summed E-state index contributed by atoms with van der Waals surface area (Å²) in [4.78, 5) is 22.4. The van der Waals surface area contributed by atoms with Gasteiger partial charge in [-0.2, -0.15) is 0 Å². The minimum Gasteiger partial charge on any atom is -0.398 e. The molecule has 0 aliphatic heterocycles. The molecule has 0 fully saturated rings. The highest BCUT2D eigenvalue weighted by Gasteiger charge is 2.18. The third-order valence-corrected chi connectivity index (χ3v) is 3.52. The number of carbonyl (C=O) groups is 1. The fourth-order valence-corrected chi connectivity index (χ4v) is 2.13. The average Bonchev–Trinajstić information content (AvgIpc) is 2.64. The summed E-state index contributed by atoms with van der Waals surface area (Å²) >= 11 is 0. The van der Waals surface area contributed by atoms with Crippen LogP contribution in [0.25, 0.3) is 0 Å². The molecule has 0 aliphatic carbocycles. The molecule has 0 radical (unpaired) electrons. The second-order valence-corrected chi connectivity index (χ2v) is 5.33. The first-order chi connectivity index (χ1) is 12.1. The van der Waals surface area contributed by atoms with Crippen LogP contribution in [-0.4, -0.2) is 31.5 Å². The zero-order valence-electron chi connectivity index (χ0n) is 14.7. The summed E-state index contributed by atoms with van der Waals surface area (Å²) in [6, 6.07) is 15.0. The van der Waals surface area contributed by atoms with E-state index in [-0.39, 0.29) is 11.6 Å². The largest absolute Gasteiger partial charge is 0.398 e. The maximum absolute atomic E-state index is 12.0. The molecule has 6 nitrogen and oxygen atoms in total. The molecule has 25 heavy (non-hydrogen) atoms. The van der Waals surface area contributed by atoms with Crippen molar-refractivity contribution in [3.63, 3.8) is 0 Å². The number of hydrogen-bond donors (Lipinski definition) is 1. The van der Waals surface area contributed by atoms with Crippen molar-refractivity contribution >= 4 is 17.3 Å². The van der Waals surface area contributed by atoms with E-state index in [1.807, 2.05) is 38.1 Å². The van der Waals surface area contributed by atoms with Crippen LogP contribution < -0.4 is 10.2 Å². The standard InChI is InChI=1S/C19H21N3O3/c1-13-9-11-15(12-10-13)14(2)21-25-17-8-6-5-7-16(17)18(22-24-4)19(23)20-3/h5-12H,1-4H3,(H,20,23)/b21-14+,22-18-. The normalized spacial score (nSPS) is 11.8. The maximum atomic E-state index is 12.0. The van der Waals surface area contributed by atoms with Crippen molar-refractivity contribution in [1.82, 2.24) is 5.32 Å². The lowest BCUT2D eigenvalue weighted by Crippen LogP contribution is -2.28. The van der Waals surface area contributed by atoms with E-state index in [1.165, 1.54) is 19.7 Å². The zero-order chi connectivity index (χ0) is 18.2. The highest BCUT2D eigenvalue weighted by Crippen LogP contribution is 2.20. The van der Waals surface area contributed by atoms with E-state index in [9.17, 15) is 4.79 Å². The van der Waals surface area contributed by atoms with Crippen molar-refractivity contribution in [3.05, 3.63) is 65.2 Å². The molecule has 0 aromatic heterocycles. The average molecular weight is 339 g/mol. The van der Waals surface area contributed by atoms with Crippen LogP contribution in [0.15, 0.2) is 58.8 Å². The lowest BCUT2D eigenvalue weighted by Gasteiger charge is -2.09. The predicted molar refractivity (Wildman–Crippen MR) is 98.1 cm³/mol. The summed E-state index contributed by atoms with van der Waals surface area (Å²) < 4.78 is 0. The van der Waals surface area contributed by atoms with Crippen LogP contribution in [0.3, 0.4) is 0 Å². The van der Waals surface area contributed by atoms with Crippen LogP contribution in [-0.2, 0) is 9.63 Å². The molecular weight excluding hydrogens is 318 g/mol. The first-order valence-corrected chi connectivity index (χ1v) is 7.78. The van der Waals surface area contributed by atoms with Gasteiger partial charge in [0.05, 0.1) is 11.3 Å². The number of hydrogen-bond acceptors (Lipinski definition) is 5. The number of carbonyl (C=O) groups excluding carboxylic acids is 1. The Morgan fingerprint density at radius 3 is 2.36 bits per heavy atom. The maximum Gasteiger partial charge on any atom is 0.273 e. The Morgan fingerprint density at radius 2 is 1.72 bits per heavy atom. The lowest BCUT2D eigenvalue weighted by atomic mass is 10.1. The number of rotatable bonds is 6. The highest BCUT2D eigenvalue weighted by atomic mass is 16.6. The van der Waals surface area contributed by atoms with E-state index in [4.69, 9.17) is 9.68 Å². The van der Waals surface area contributed by atoms with Crippen molar-refractivity contribution in [2.24, 2.45) is 10.3 Å². The fourth-order valence-electron chi connectivity index (χ4n) is 2.13. The van der Waals surface area contributed by atoms with Crippen molar-refractivity contribution in [2.75, 3.05) is 14.2 Å². The van der Waals surface area contributed by atoms with Gasteiger partial charge in [0.2, 0.25) is 0 Å². The summed E-state index contributed by atoms with van der Waals surface area (Å²) in [6.07, 6.45) is 0. The van der Waals surface area contributed by atoms with Gasteiger partial charge >= 0.3 is 0 Å². The summed E-state index contributed by atoms with van der Waals surface area (Å²) in [5, 5.41) is 10.5. The Hall–Kier alpha value is -3.15. The van der Waals surface area contributed by atoms with Gasteiger partial charge in [-0.1, -0.05) is 52.3 Å². The van der Waals surface area contributed by atoms with Gasteiger partial charge in [0, 0.05) is 7.05 Å². The Labute approximate surface area is 147 Å². The molecule has 2 aromatic carbocycles. The smallest absolute Gasteiger partial charge is 0.273 e. The van der Waals surface area contributed by atoms with E-state index in [1.54, 1.807) is 24.3 Å². The van der Waals surface area contributed by atoms with Crippen LogP contribution in [0.2, 0.25) is 0 Å². The molecule has 0 unspecified atom stereocenters. The van der Waals surface area contributed by atoms with Gasteiger partial charge in [0.1, 0.15) is 7.11 Å². The Balaban J connectivity index is 2.31. The predicted octanol–water partition coefficient (Wildman–Crippen LogP) is 2.89. The Bertz CT molecular complexity index is 796. The van der Waals surface area contributed by atoms with Crippen molar-refractivity contribution < 1.29 is 14.5 Å². The number of para-hydroxylation sites is 1. The number of likely N-dealkylation sites (N-methyl/N-ethyl adjacent to an activating group) is 1. The minimum absolute atomic E-state index is 0.115. The monoisotopic (exact) mass is 339 g/mol. The van der Waals surface area contributed by atoms with Crippen molar-refractivity contribution in [3.8, 4) is 5.75 Å². The number of aryl methyl sites for hydroxylation is 1. The molecule has 0 saturated carbocycles. The molecule has 1 amide bonds. The fraction of sp³-hybridized carbons (Fsp3) is 0.211. The summed E-state index contributed by atoms with van der Waals surface area (Å²) in [6.45, 7) is 3.88. The topological polar surface area (TPSA) is 72.3 Å². The van der Waals surface area contributed by atoms with E-state index in [0.717, 1.165) is 11.3 Å². The Kier molecular flexibility index (Phi) is 6.28. The van der Waals surface area contributed by atoms with Crippen LogP contribution in [0.4, 0.5) is 0 Å². The van der Waals surface area contributed by atoms with Crippen LogP contribution in [0.5, 0.6) is 5.75 Å². The van der Waals surface area contributed by atoms with Gasteiger partial charge in [0.15, 0.2) is 11.5 Å². The number of nitrogens with zero attached hydrogens (tertiary/aromatic N) is 2. The van der Waals surface area contributed by atoms with Crippen LogP contribution >= 0.6 is 0 Å². The van der Waals surface area contributed by atoms with Gasteiger partial charge in [-0.25, -0.2) is 0 Å². The second kappa shape index (κ2) is 8.63. The second-order valence-electron chi connectivity index (χ2n) is 5.33. The molecule has 0 aliphatic rings. The van der Waals surface area contributed by atoms with E-state index < -0.39 is 0 Å². The first kappa shape index (κ1) is 18.2. The molecule has 0 atom stereocenters. The zero-order valence-corrected chi connectivity index (χ0v) is 14.7. The van der Waals surface area contributed by atoms with Gasteiger partial charge in [-0.05, 0) is 31.5 Å². The Morgan fingerprint density at radius 1 is 1.04 bits per heavy atom. The van der Waals surface area contributed by atoms with Gasteiger partial charge in [-0.15, -0.1) is 0 Å². The molecule has 0 spiro atoms. The number of amides is 1. The van der Waals surface area contributed by atoms with Crippen molar-refractivity contribution in [2.45, 2.75) is 13.8 Å². The first-order valence-electron chi connectivity index (χ1n) is 7.78.